The van der Waals surface area contributed by atoms with Gasteiger partial charge in [0.2, 0.25) is 0 Å². The van der Waals surface area contributed by atoms with Crippen molar-refractivity contribution in [2.45, 2.75) is 41.5 Å². The van der Waals surface area contributed by atoms with Gasteiger partial charge in [-0.05, 0) is 108 Å². The van der Waals surface area contributed by atoms with Crippen LogP contribution in [0.15, 0.2) is 45.6 Å². The van der Waals surface area contributed by atoms with Gasteiger partial charge in [0.05, 0.1) is 21.1 Å². The minimum absolute atomic E-state index is 0.800. The first-order chi connectivity index (χ1) is 16.7. The van der Waals surface area contributed by atoms with E-state index in [1.54, 1.807) is 11.3 Å². The van der Waals surface area contributed by atoms with Crippen molar-refractivity contribution in [2.75, 3.05) is 0 Å². The second kappa shape index (κ2) is 9.11. The first-order valence-electron chi connectivity index (χ1n) is 11.1. The summed E-state index contributed by atoms with van der Waals surface area (Å²) in [5.41, 5.74) is 10.8. The second-order valence-electron chi connectivity index (χ2n) is 8.94. The van der Waals surface area contributed by atoms with Crippen LogP contribution >= 0.6 is 43.2 Å². The van der Waals surface area contributed by atoms with Crippen LogP contribution < -0.4 is 0 Å². The zero-order chi connectivity index (χ0) is 25.0. The van der Waals surface area contributed by atoms with Crippen molar-refractivity contribution in [1.82, 2.24) is 30.0 Å². The largest absolute Gasteiger partial charge is 0.205 e. The van der Waals surface area contributed by atoms with Crippen LogP contribution in [0.4, 0.5) is 0 Å². The summed E-state index contributed by atoms with van der Waals surface area (Å²) >= 11 is 9.12. The molecule has 0 saturated heterocycles. The van der Waals surface area contributed by atoms with Gasteiger partial charge in [0.1, 0.15) is 20.6 Å². The molecule has 178 valence electrons. The maximum Gasteiger partial charge on any atom is 0.139 e. The molecule has 0 spiro atoms. The van der Waals surface area contributed by atoms with Crippen LogP contribution in [-0.4, -0.2) is 30.0 Å². The molecule has 0 aliphatic carbocycles. The fraction of sp³-hybridized carbons (Fsp3) is 0.231. The van der Waals surface area contributed by atoms with E-state index in [-0.39, 0.29) is 0 Å². The molecule has 0 amide bonds. The lowest BCUT2D eigenvalue weighted by Crippen LogP contribution is -2.03. The molecule has 0 saturated carbocycles. The van der Waals surface area contributed by atoms with Gasteiger partial charge in [-0.1, -0.05) is 45.8 Å². The highest BCUT2D eigenvalue weighted by Crippen LogP contribution is 2.40. The summed E-state index contributed by atoms with van der Waals surface area (Å²) in [6, 6.07) is 12.8. The molecular weight excluding hydrogens is 588 g/mol. The highest BCUT2D eigenvalue weighted by atomic mass is 79.9. The predicted octanol–water partition coefficient (Wildman–Crippen LogP) is 7.62. The number of halogens is 2. The lowest BCUT2D eigenvalue weighted by atomic mass is 10.1. The summed E-state index contributed by atoms with van der Waals surface area (Å²) in [6.45, 7) is 12.6. The van der Waals surface area contributed by atoms with Gasteiger partial charge in [0.25, 0.3) is 0 Å². The third-order valence-corrected chi connectivity index (χ3v) is 8.52. The van der Waals surface area contributed by atoms with E-state index in [9.17, 15) is 0 Å². The predicted molar refractivity (Wildman–Crippen MR) is 149 cm³/mol. The van der Waals surface area contributed by atoms with Crippen LogP contribution in [0.1, 0.15) is 33.4 Å². The molecule has 0 aliphatic rings. The topological polar surface area (TPSA) is 61.4 Å². The Morgan fingerprint density at radius 3 is 1.29 bits per heavy atom. The maximum absolute atomic E-state index is 4.50. The Kier molecular flexibility index (Phi) is 6.27. The first-order valence-corrected chi connectivity index (χ1v) is 13.6. The van der Waals surface area contributed by atoms with Crippen molar-refractivity contribution >= 4 is 43.2 Å². The number of hydrogen-bond acceptors (Lipinski definition) is 5. The second-order valence-corrected chi connectivity index (χ2v) is 11.5. The molecule has 0 bridgehead atoms. The normalized spacial score (nSPS) is 11.4. The monoisotopic (exact) mass is 610 g/mol. The van der Waals surface area contributed by atoms with Crippen molar-refractivity contribution in [3.8, 4) is 32.5 Å². The van der Waals surface area contributed by atoms with Crippen LogP contribution in [0.5, 0.6) is 0 Å². The SMILES string of the molecule is Cc1cc(C)c(-n2nnc(-c3ccc(-c4nnn(-c5c(C)cc(C)cc5C)c4Br)s3)c2Br)c(C)c1. The van der Waals surface area contributed by atoms with Crippen molar-refractivity contribution in [1.29, 1.82) is 0 Å². The number of nitrogens with zero attached hydrogens (tertiary/aromatic N) is 6. The molecule has 9 heteroatoms. The lowest BCUT2D eigenvalue weighted by Gasteiger charge is -2.11. The molecule has 5 aromatic rings. The fourth-order valence-electron chi connectivity index (χ4n) is 4.73. The molecule has 0 fully saturated rings. The van der Waals surface area contributed by atoms with E-state index in [2.05, 4.69) is 130 Å². The minimum Gasteiger partial charge on any atom is -0.205 e. The summed E-state index contributed by atoms with van der Waals surface area (Å²) in [4.78, 5) is 2.01. The van der Waals surface area contributed by atoms with Crippen LogP contribution in [0, 0.1) is 41.5 Å². The number of benzene rings is 2. The summed E-state index contributed by atoms with van der Waals surface area (Å²) in [5.74, 6) is 0. The van der Waals surface area contributed by atoms with Crippen molar-refractivity contribution in [2.24, 2.45) is 0 Å². The van der Waals surface area contributed by atoms with Gasteiger partial charge in [-0.3, -0.25) is 0 Å². The Balaban J connectivity index is 1.53. The van der Waals surface area contributed by atoms with Gasteiger partial charge in [0.15, 0.2) is 0 Å². The number of rotatable bonds is 4. The number of aromatic nitrogens is 6. The average molecular weight is 612 g/mol. The zero-order valence-corrected chi connectivity index (χ0v) is 24.3. The third kappa shape index (κ3) is 4.19. The summed E-state index contributed by atoms with van der Waals surface area (Å²) in [7, 11) is 0. The fourth-order valence-corrected chi connectivity index (χ4v) is 7.06. The van der Waals surface area contributed by atoms with Gasteiger partial charge in [-0.25, -0.2) is 9.36 Å². The molecule has 0 aliphatic heterocycles. The van der Waals surface area contributed by atoms with Crippen LogP contribution in [0.3, 0.4) is 0 Å². The molecule has 2 aromatic carbocycles. The van der Waals surface area contributed by atoms with Crippen LogP contribution in [-0.2, 0) is 0 Å². The molecular formula is C26H24Br2N6S. The minimum atomic E-state index is 0.800. The molecule has 3 heterocycles. The Morgan fingerprint density at radius 2 is 0.943 bits per heavy atom. The van der Waals surface area contributed by atoms with Gasteiger partial charge >= 0.3 is 0 Å². The molecule has 0 N–H and O–H groups in total. The van der Waals surface area contributed by atoms with Crippen molar-refractivity contribution in [3.63, 3.8) is 0 Å². The zero-order valence-electron chi connectivity index (χ0n) is 20.3. The van der Waals surface area contributed by atoms with E-state index in [0.717, 1.165) is 64.0 Å². The van der Waals surface area contributed by atoms with E-state index in [1.165, 1.54) is 11.1 Å². The highest BCUT2D eigenvalue weighted by Gasteiger charge is 2.21. The molecule has 0 unspecified atom stereocenters. The van der Waals surface area contributed by atoms with Crippen molar-refractivity contribution in [3.05, 3.63) is 79.0 Å². The van der Waals surface area contributed by atoms with Gasteiger partial charge < -0.3 is 0 Å². The number of aryl methyl sites for hydroxylation is 6. The number of hydrogen-bond donors (Lipinski definition) is 0. The lowest BCUT2D eigenvalue weighted by molar-refractivity contribution is 0.782. The molecule has 3 aromatic heterocycles. The molecule has 0 radical (unpaired) electrons. The van der Waals surface area contributed by atoms with E-state index in [1.807, 2.05) is 9.36 Å². The Morgan fingerprint density at radius 1 is 0.600 bits per heavy atom. The standard InChI is InChI=1S/C26H24Br2N6S/c1-13-9-15(3)23(16(4)10-13)33-25(27)21(29-31-33)19-7-8-20(35-19)22-26(28)34(32-30-22)24-17(5)11-14(2)12-18(24)6/h7-12H,1-6H3. The maximum atomic E-state index is 4.50. The molecule has 6 nitrogen and oxygen atoms in total. The van der Waals surface area contributed by atoms with E-state index < -0.39 is 0 Å². The summed E-state index contributed by atoms with van der Waals surface area (Å²) in [6.07, 6.45) is 0. The van der Waals surface area contributed by atoms with Crippen LogP contribution in [0.25, 0.3) is 32.5 Å². The summed E-state index contributed by atoms with van der Waals surface area (Å²) < 4.78 is 5.39. The summed E-state index contributed by atoms with van der Waals surface area (Å²) in [5, 5.41) is 17.9. The quantitative estimate of drug-likeness (QED) is 0.210. The smallest absolute Gasteiger partial charge is 0.139 e. The highest BCUT2D eigenvalue weighted by molar-refractivity contribution is 9.10. The van der Waals surface area contributed by atoms with E-state index in [4.69, 9.17) is 0 Å². The Bertz CT molecular complexity index is 1430. The van der Waals surface area contributed by atoms with Gasteiger partial charge in [-0.2, -0.15) is 0 Å². The first kappa shape index (κ1) is 24.1. The number of thiophene rings is 1. The molecule has 0 atom stereocenters. The van der Waals surface area contributed by atoms with Gasteiger partial charge in [0, 0.05) is 0 Å². The van der Waals surface area contributed by atoms with Crippen molar-refractivity contribution < 1.29 is 0 Å². The Labute approximate surface area is 225 Å². The van der Waals surface area contributed by atoms with Crippen LogP contribution in [0.2, 0.25) is 0 Å². The Hall–Kier alpha value is -2.62. The molecule has 35 heavy (non-hydrogen) atoms. The van der Waals surface area contributed by atoms with Gasteiger partial charge in [-0.15, -0.1) is 21.5 Å². The molecule has 5 rings (SSSR count). The van der Waals surface area contributed by atoms with E-state index in [0.29, 0.717) is 0 Å². The average Bonchev–Trinajstić information content (AvgIpc) is 3.47. The third-order valence-electron chi connectivity index (χ3n) is 6.00. The van der Waals surface area contributed by atoms with E-state index >= 15 is 0 Å².